The smallest absolute Gasteiger partial charge is 0.270 e. The molecule has 0 aliphatic heterocycles. The Kier molecular flexibility index (Phi) is 3.12. The molecule has 0 bridgehead atoms. The molecule has 2 aromatic rings. The Morgan fingerprint density at radius 3 is 3.00 bits per heavy atom. The maximum absolute atomic E-state index is 11.9. The summed E-state index contributed by atoms with van der Waals surface area (Å²) in [5.41, 5.74) is 3.29. The summed E-state index contributed by atoms with van der Waals surface area (Å²) in [4.78, 5) is 25.3. The van der Waals surface area contributed by atoms with Crippen LogP contribution in [0.15, 0.2) is 12.3 Å². The number of carbonyl (C=O) groups is 1. The number of hydrogen-bond donors (Lipinski definition) is 1. The zero-order valence-corrected chi connectivity index (χ0v) is 10.7. The highest BCUT2D eigenvalue weighted by Crippen LogP contribution is 2.19. The van der Waals surface area contributed by atoms with Gasteiger partial charge in [0.1, 0.15) is 0 Å². The van der Waals surface area contributed by atoms with Crippen LogP contribution >= 0.6 is 0 Å². The molecule has 7 nitrogen and oxygen atoms in total. The van der Waals surface area contributed by atoms with Crippen molar-refractivity contribution in [1.82, 2.24) is 25.1 Å². The number of fused-ring (bicyclic) bond motifs is 1. The van der Waals surface area contributed by atoms with Crippen molar-refractivity contribution in [3.05, 3.63) is 23.8 Å². The summed E-state index contributed by atoms with van der Waals surface area (Å²) >= 11 is 0. The second-order valence-electron chi connectivity index (χ2n) is 4.69. The third kappa shape index (κ3) is 2.41. The van der Waals surface area contributed by atoms with E-state index in [0.29, 0.717) is 5.78 Å². The number of nitrogens with zero attached hydrogens (tertiary/aromatic N) is 4. The standard InChI is InChI=1S/C12H15N5O2/c1-8-6-7-13-12-14-10(15-17(8)12)11(18)16-19-9-4-2-3-5-9/h6-7,9H,2-5H2,1H3,(H,16,18). The van der Waals surface area contributed by atoms with Crippen LogP contribution in [0, 0.1) is 6.92 Å². The Hall–Kier alpha value is -2.02. The van der Waals surface area contributed by atoms with Crippen LogP contribution in [0.1, 0.15) is 42.0 Å². The van der Waals surface area contributed by atoms with Gasteiger partial charge in [0, 0.05) is 11.9 Å². The zero-order chi connectivity index (χ0) is 13.2. The molecule has 0 saturated heterocycles. The summed E-state index contributed by atoms with van der Waals surface area (Å²) in [7, 11) is 0. The van der Waals surface area contributed by atoms with Crippen LogP contribution in [-0.4, -0.2) is 31.6 Å². The number of aromatic nitrogens is 4. The summed E-state index contributed by atoms with van der Waals surface area (Å²) < 4.78 is 1.53. The first kappa shape index (κ1) is 12.0. The number of amides is 1. The fourth-order valence-corrected chi connectivity index (χ4v) is 2.19. The molecule has 1 fully saturated rings. The third-order valence-corrected chi connectivity index (χ3v) is 3.25. The van der Waals surface area contributed by atoms with Gasteiger partial charge in [-0.15, -0.1) is 5.10 Å². The van der Waals surface area contributed by atoms with Gasteiger partial charge in [-0.3, -0.25) is 9.63 Å². The van der Waals surface area contributed by atoms with E-state index in [-0.39, 0.29) is 11.9 Å². The highest BCUT2D eigenvalue weighted by Gasteiger charge is 2.19. The highest BCUT2D eigenvalue weighted by molar-refractivity contribution is 5.89. The van der Waals surface area contributed by atoms with Crippen molar-refractivity contribution in [3.63, 3.8) is 0 Å². The molecule has 2 aromatic heterocycles. The van der Waals surface area contributed by atoms with Crippen LogP contribution in [0.4, 0.5) is 0 Å². The third-order valence-electron chi connectivity index (χ3n) is 3.25. The number of rotatable bonds is 3. The molecule has 0 unspecified atom stereocenters. The van der Waals surface area contributed by atoms with Crippen LogP contribution in [0.5, 0.6) is 0 Å². The average molecular weight is 261 g/mol. The summed E-state index contributed by atoms with van der Waals surface area (Å²) in [5, 5.41) is 4.11. The van der Waals surface area contributed by atoms with E-state index in [1.54, 1.807) is 12.3 Å². The molecule has 0 radical (unpaired) electrons. The quantitative estimate of drug-likeness (QED) is 0.835. The van der Waals surface area contributed by atoms with Crippen molar-refractivity contribution in [2.45, 2.75) is 38.7 Å². The summed E-state index contributed by atoms with van der Waals surface area (Å²) in [6, 6.07) is 1.80. The molecule has 0 aromatic carbocycles. The largest absolute Gasteiger partial charge is 0.314 e. The van der Waals surface area contributed by atoms with E-state index in [1.807, 2.05) is 6.92 Å². The van der Waals surface area contributed by atoms with Crippen molar-refractivity contribution in [2.75, 3.05) is 0 Å². The maximum atomic E-state index is 11.9. The van der Waals surface area contributed by atoms with Gasteiger partial charge in [0.25, 0.3) is 5.78 Å². The summed E-state index contributed by atoms with van der Waals surface area (Å²) in [6.07, 6.45) is 6.02. The van der Waals surface area contributed by atoms with E-state index in [9.17, 15) is 4.79 Å². The molecule has 19 heavy (non-hydrogen) atoms. The molecule has 3 rings (SSSR count). The molecule has 7 heteroatoms. The maximum Gasteiger partial charge on any atom is 0.314 e. The van der Waals surface area contributed by atoms with Gasteiger partial charge in [-0.1, -0.05) is 12.8 Å². The number of nitrogens with one attached hydrogen (secondary N) is 1. The van der Waals surface area contributed by atoms with Crippen molar-refractivity contribution >= 4 is 11.7 Å². The molecule has 2 heterocycles. The first-order chi connectivity index (χ1) is 9.24. The second kappa shape index (κ2) is 4.93. The van der Waals surface area contributed by atoms with Crippen molar-refractivity contribution < 1.29 is 9.63 Å². The second-order valence-corrected chi connectivity index (χ2v) is 4.69. The lowest BCUT2D eigenvalue weighted by Gasteiger charge is -2.09. The van der Waals surface area contributed by atoms with Crippen LogP contribution in [0.25, 0.3) is 5.78 Å². The predicted octanol–water partition coefficient (Wildman–Crippen LogP) is 1.04. The molecule has 100 valence electrons. The van der Waals surface area contributed by atoms with Gasteiger partial charge in [0.15, 0.2) is 0 Å². The number of hydrogen-bond acceptors (Lipinski definition) is 5. The normalized spacial score (nSPS) is 16.1. The van der Waals surface area contributed by atoms with Crippen molar-refractivity contribution in [1.29, 1.82) is 0 Å². The lowest BCUT2D eigenvalue weighted by atomic mass is 10.3. The molecule has 1 saturated carbocycles. The topological polar surface area (TPSA) is 81.4 Å². The first-order valence-electron chi connectivity index (χ1n) is 6.38. The number of carbonyl (C=O) groups excluding carboxylic acids is 1. The van der Waals surface area contributed by atoms with Gasteiger partial charge in [0.05, 0.1) is 6.10 Å². The average Bonchev–Trinajstić information content (AvgIpc) is 3.05. The van der Waals surface area contributed by atoms with Gasteiger partial charge in [0.2, 0.25) is 5.82 Å². The predicted molar refractivity (Wildman–Crippen MR) is 66.3 cm³/mol. The van der Waals surface area contributed by atoms with Crippen LogP contribution < -0.4 is 5.48 Å². The van der Waals surface area contributed by atoms with Crippen molar-refractivity contribution in [2.24, 2.45) is 0 Å². The van der Waals surface area contributed by atoms with Gasteiger partial charge in [-0.2, -0.15) is 4.98 Å². The Morgan fingerprint density at radius 1 is 1.47 bits per heavy atom. The van der Waals surface area contributed by atoms with E-state index in [4.69, 9.17) is 4.84 Å². The molecule has 1 aliphatic carbocycles. The van der Waals surface area contributed by atoms with E-state index >= 15 is 0 Å². The minimum absolute atomic E-state index is 0.0693. The lowest BCUT2D eigenvalue weighted by Crippen LogP contribution is -2.29. The Bertz CT molecular complexity index is 603. The van der Waals surface area contributed by atoms with Crippen molar-refractivity contribution in [3.8, 4) is 0 Å². The lowest BCUT2D eigenvalue weighted by molar-refractivity contribution is -0.0130. The fraction of sp³-hybridized carbons (Fsp3) is 0.500. The fourth-order valence-electron chi connectivity index (χ4n) is 2.19. The minimum Gasteiger partial charge on any atom is -0.270 e. The Balaban J connectivity index is 1.72. The van der Waals surface area contributed by atoms with Gasteiger partial charge >= 0.3 is 5.91 Å². The monoisotopic (exact) mass is 261 g/mol. The van der Waals surface area contributed by atoms with E-state index in [1.165, 1.54) is 4.52 Å². The first-order valence-corrected chi connectivity index (χ1v) is 6.38. The van der Waals surface area contributed by atoms with Gasteiger partial charge in [-0.25, -0.2) is 15.0 Å². The SMILES string of the molecule is Cc1ccnc2nc(C(=O)NOC3CCCC3)nn12. The molecular weight excluding hydrogens is 246 g/mol. The molecule has 1 aliphatic rings. The molecule has 1 N–H and O–H groups in total. The minimum atomic E-state index is -0.434. The highest BCUT2D eigenvalue weighted by atomic mass is 16.7. The van der Waals surface area contributed by atoms with Crippen LogP contribution in [0.2, 0.25) is 0 Å². The van der Waals surface area contributed by atoms with E-state index in [2.05, 4.69) is 20.5 Å². The van der Waals surface area contributed by atoms with Gasteiger partial charge < -0.3 is 0 Å². The van der Waals surface area contributed by atoms with Crippen LogP contribution in [-0.2, 0) is 4.84 Å². The zero-order valence-electron chi connectivity index (χ0n) is 10.7. The Morgan fingerprint density at radius 2 is 2.26 bits per heavy atom. The molecular formula is C12H15N5O2. The summed E-state index contributed by atoms with van der Waals surface area (Å²) in [6.45, 7) is 1.88. The number of hydroxylamine groups is 1. The summed E-state index contributed by atoms with van der Waals surface area (Å²) in [5.74, 6) is 0.0441. The van der Waals surface area contributed by atoms with Crippen LogP contribution in [0.3, 0.4) is 0 Å². The van der Waals surface area contributed by atoms with E-state index in [0.717, 1.165) is 31.4 Å². The number of aryl methyl sites for hydroxylation is 1. The molecule has 0 spiro atoms. The Labute approximate surface area is 110 Å². The van der Waals surface area contributed by atoms with E-state index < -0.39 is 5.91 Å². The van der Waals surface area contributed by atoms with Gasteiger partial charge in [-0.05, 0) is 25.8 Å². The molecule has 0 atom stereocenters. The molecule has 1 amide bonds.